The molecule has 0 unspecified atom stereocenters. The van der Waals surface area contributed by atoms with Gasteiger partial charge >= 0.3 is 0 Å². The summed E-state index contributed by atoms with van der Waals surface area (Å²) < 4.78 is 32.0. The number of rotatable bonds is 5. The first kappa shape index (κ1) is 20.2. The molecule has 148 valence electrons. The molecule has 1 heterocycles. The normalized spacial score (nSPS) is 15.6. The number of ether oxygens (including phenoxy) is 1. The third kappa shape index (κ3) is 4.64. The van der Waals surface area contributed by atoms with Crippen LogP contribution < -0.4 is 5.43 Å². The monoisotopic (exact) mass is 401 g/mol. The second-order valence-corrected chi connectivity index (χ2v) is 8.54. The molecule has 2 aromatic rings. The predicted octanol–water partition coefficient (Wildman–Crippen LogP) is 2.09. The zero-order chi connectivity index (χ0) is 20.1. The highest BCUT2D eigenvalue weighted by Gasteiger charge is 2.26. The van der Waals surface area contributed by atoms with E-state index in [1.54, 1.807) is 18.3 Å². The number of nitrogens with one attached hydrogen (secondary N) is 1. The van der Waals surface area contributed by atoms with Gasteiger partial charge in [-0.2, -0.15) is 9.41 Å². The lowest BCUT2D eigenvalue weighted by Gasteiger charge is -2.26. The van der Waals surface area contributed by atoms with Crippen LogP contribution in [0.3, 0.4) is 0 Å². The number of carbonyl (C=O) groups is 1. The molecule has 1 aliphatic heterocycles. The standard InChI is InChI=1S/C20H23N3O4S/c1-15-6-7-18(16(2)12-15)14-21-22-20(24)17-4-3-5-19(13-17)28(25,26)23-8-10-27-11-9-23/h3-7,12-14H,8-11H2,1-2H3,(H,22,24)/b21-14+. The summed E-state index contributed by atoms with van der Waals surface area (Å²) in [5, 5.41) is 3.99. The first-order chi connectivity index (χ1) is 13.4. The van der Waals surface area contributed by atoms with Crippen molar-refractivity contribution in [3.8, 4) is 0 Å². The van der Waals surface area contributed by atoms with Gasteiger partial charge in [-0.15, -0.1) is 0 Å². The van der Waals surface area contributed by atoms with E-state index >= 15 is 0 Å². The number of aryl methyl sites for hydroxylation is 2. The van der Waals surface area contributed by atoms with E-state index in [9.17, 15) is 13.2 Å². The van der Waals surface area contributed by atoms with Crippen molar-refractivity contribution in [2.24, 2.45) is 5.10 Å². The average Bonchev–Trinajstić information content (AvgIpc) is 2.70. The summed E-state index contributed by atoms with van der Waals surface area (Å²) >= 11 is 0. The molecule has 0 saturated carbocycles. The maximum Gasteiger partial charge on any atom is 0.271 e. The van der Waals surface area contributed by atoms with E-state index in [2.05, 4.69) is 10.5 Å². The Morgan fingerprint density at radius 3 is 2.61 bits per heavy atom. The smallest absolute Gasteiger partial charge is 0.271 e. The van der Waals surface area contributed by atoms with Crippen LogP contribution in [0.5, 0.6) is 0 Å². The van der Waals surface area contributed by atoms with E-state index in [0.29, 0.717) is 26.3 Å². The van der Waals surface area contributed by atoms with Gasteiger partial charge < -0.3 is 4.74 Å². The van der Waals surface area contributed by atoms with Crippen LogP contribution in [0.25, 0.3) is 0 Å². The lowest BCUT2D eigenvalue weighted by atomic mass is 10.1. The summed E-state index contributed by atoms with van der Waals surface area (Å²) in [6.45, 7) is 5.32. The molecule has 8 heteroatoms. The second-order valence-electron chi connectivity index (χ2n) is 6.60. The molecule has 1 fully saturated rings. The van der Waals surface area contributed by atoms with Crippen LogP contribution in [-0.2, 0) is 14.8 Å². The Labute approximate surface area is 165 Å². The minimum atomic E-state index is -3.66. The minimum Gasteiger partial charge on any atom is -0.379 e. The number of morpholine rings is 1. The quantitative estimate of drug-likeness (QED) is 0.614. The van der Waals surface area contributed by atoms with Crippen molar-refractivity contribution in [2.45, 2.75) is 18.7 Å². The molecular weight excluding hydrogens is 378 g/mol. The zero-order valence-corrected chi connectivity index (χ0v) is 16.7. The highest BCUT2D eigenvalue weighted by Crippen LogP contribution is 2.18. The highest BCUT2D eigenvalue weighted by atomic mass is 32.2. The molecule has 1 N–H and O–H groups in total. The van der Waals surface area contributed by atoms with Crippen LogP contribution in [0, 0.1) is 13.8 Å². The van der Waals surface area contributed by atoms with Crippen molar-refractivity contribution >= 4 is 22.1 Å². The molecule has 3 rings (SSSR count). The first-order valence-corrected chi connectivity index (χ1v) is 10.4. The number of hydrogen-bond acceptors (Lipinski definition) is 5. The molecule has 0 aliphatic carbocycles. The number of nitrogens with zero attached hydrogens (tertiary/aromatic N) is 2. The molecule has 28 heavy (non-hydrogen) atoms. The molecule has 0 aromatic heterocycles. The average molecular weight is 401 g/mol. The second kappa shape index (κ2) is 8.64. The van der Waals surface area contributed by atoms with Crippen LogP contribution in [-0.4, -0.2) is 51.1 Å². The van der Waals surface area contributed by atoms with Crippen LogP contribution in [0.4, 0.5) is 0 Å². The molecule has 2 aromatic carbocycles. The van der Waals surface area contributed by atoms with Crippen molar-refractivity contribution in [1.82, 2.24) is 9.73 Å². The van der Waals surface area contributed by atoms with E-state index in [0.717, 1.165) is 16.7 Å². The van der Waals surface area contributed by atoms with Crippen molar-refractivity contribution < 1.29 is 17.9 Å². The Kier molecular flexibility index (Phi) is 6.23. The van der Waals surface area contributed by atoms with E-state index in [4.69, 9.17) is 4.74 Å². The van der Waals surface area contributed by atoms with Gasteiger partial charge in [-0.3, -0.25) is 4.79 Å². The van der Waals surface area contributed by atoms with Gasteiger partial charge in [0.15, 0.2) is 0 Å². The number of hydrazone groups is 1. The fourth-order valence-corrected chi connectivity index (χ4v) is 4.38. The predicted molar refractivity (Wildman–Crippen MR) is 107 cm³/mol. The number of carbonyl (C=O) groups excluding carboxylic acids is 1. The van der Waals surface area contributed by atoms with Crippen LogP contribution >= 0.6 is 0 Å². The van der Waals surface area contributed by atoms with Crippen LogP contribution in [0.2, 0.25) is 0 Å². The molecule has 0 atom stereocenters. The summed E-state index contributed by atoms with van der Waals surface area (Å²) in [6, 6.07) is 11.9. The van der Waals surface area contributed by atoms with Crippen LogP contribution in [0.1, 0.15) is 27.0 Å². The lowest BCUT2D eigenvalue weighted by Crippen LogP contribution is -2.40. The number of amides is 1. The third-order valence-electron chi connectivity index (χ3n) is 4.50. The maximum absolute atomic E-state index is 12.7. The number of sulfonamides is 1. The van der Waals surface area contributed by atoms with Gasteiger partial charge in [0.1, 0.15) is 0 Å². The molecule has 1 saturated heterocycles. The summed E-state index contributed by atoms with van der Waals surface area (Å²) in [5.41, 5.74) is 5.78. The fourth-order valence-electron chi connectivity index (χ4n) is 2.93. The third-order valence-corrected chi connectivity index (χ3v) is 6.39. The van der Waals surface area contributed by atoms with Crippen molar-refractivity contribution in [2.75, 3.05) is 26.3 Å². The van der Waals surface area contributed by atoms with Crippen molar-refractivity contribution in [1.29, 1.82) is 0 Å². The van der Waals surface area contributed by atoms with Crippen molar-refractivity contribution in [3.63, 3.8) is 0 Å². The SMILES string of the molecule is Cc1ccc(/C=N/NC(=O)c2cccc(S(=O)(=O)N3CCOCC3)c2)c(C)c1. The summed E-state index contributed by atoms with van der Waals surface area (Å²) in [5.74, 6) is -0.472. The fraction of sp³-hybridized carbons (Fsp3) is 0.300. The van der Waals surface area contributed by atoms with Crippen LogP contribution in [0.15, 0.2) is 52.5 Å². The van der Waals surface area contributed by atoms with E-state index < -0.39 is 15.9 Å². The minimum absolute atomic E-state index is 0.0837. The van der Waals surface area contributed by atoms with Gasteiger partial charge in [-0.1, -0.05) is 29.8 Å². The van der Waals surface area contributed by atoms with Gasteiger partial charge in [0.25, 0.3) is 5.91 Å². The molecular formula is C20H23N3O4S. The van der Waals surface area contributed by atoms with E-state index in [-0.39, 0.29) is 10.5 Å². The van der Waals surface area contributed by atoms with Gasteiger partial charge in [0.2, 0.25) is 10.0 Å². The van der Waals surface area contributed by atoms with E-state index in [1.165, 1.54) is 16.4 Å². The topological polar surface area (TPSA) is 88.1 Å². The highest BCUT2D eigenvalue weighted by molar-refractivity contribution is 7.89. The zero-order valence-electron chi connectivity index (χ0n) is 15.9. The Morgan fingerprint density at radius 1 is 1.14 bits per heavy atom. The lowest BCUT2D eigenvalue weighted by molar-refractivity contribution is 0.0730. The first-order valence-electron chi connectivity index (χ1n) is 8.96. The largest absolute Gasteiger partial charge is 0.379 e. The molecule has 0 spiro atoms. The summed E-state index contributed by atoms with van der Waals surface area (Å²) in [4.78, 5) is 12.5. The van der Waals surface area contributed by atoms with Gasteiger partial charge in [0, 0.05) is 18.7 Å². The number of hydrogen-bond donors (Lipinski definition) is 1. The maximum atomic E-state index is 12.7. The molecule has 0 radical (unpaired) electrons. The van der Waals surface area contributed by atoms with Gasteiger partial charge in [-0.05, 0) is 43.2 Å². The molecule has 1 aliphatic rings. The number of benzene rings is 2. The molecule has 7 nitrogen and oxygen atoms in total. The Balaban J connectivity index is 1.72. The Hall–Kier alpha value is -2.55. The van der Waals surface area contributed by atoms with Gasteiger partial charge in [0.05, 0.1) is 24.3 Å². The van der Waals surface area contributed by atoms with Gasteiger partial charge in [-0.25, -0.2) is 13.8 Å². The summed E-state index contributed by atoms with van der Waals surface area (Å²) in [7, 11) is -3.66. The van der Waals surface area contributed by atoms with E-state index in [1.807, 2.05) is 32.0 Å². The Morgan fingerprint density at radius 2 is 1.89 bits per heavy atom. The Bertz CT molecular complexity index is 996. The molecule has 1 amide bonds. The summed E-state index contributed by atoms with van der Waals surface area (Å²) in [6.07, 6.45) is 1.57. The van der Waals surface area contributed by atoms with Crippen molar-refractivity contribution in [3.05, 3.63) is 64.7 Å². The molecule has 0 bridgehead atoms.